The van der Waals surface area contributed by atoms with Crippen LogP contribution in [0.25, 0.3) is 11.1 Å². The van der Waals surface area contributed by atoms with Crippen molar-refractivity contribution in [3.8, 4) is 0 Å². The van der Waals surface area contributed by atoms with Gasteiger partial charge in [0, 0.05) is 13.1 Å². The predicted molar refractivity (Wildman–Crippen MR) is 77.0 cm³/mol. The SMILES string of the molecule is O=C(NCC(F)(F)F)N1CCCC(c2nc3ccccc3o2)C1. The van der Waals surface area contributed by atoms with Crippen molar-refractivity contribution in [2.75, 3.05) is 19.6 Å². The van der Waals surface area contributed by atoms with Gasteiger partial charge in [0.2, 0.25) is 0 Å². The van der Waals surface area contributed by atoms with Crippen LogP contribution < -0.4 is 5.32 Å². The van der Waals surface area contributed by atoms with Crippen LogP contribution in [0.3, 0.4) is 0 Å². The van der Waals surface area contributed by atoms with E-state index in [1.807, 2.05) is 29.6 Å². The molecule has 2 heterocycles. The Kier molecular flexibility index (Phi) is 4.14. The topological polar surface area (TPSA) is 58.4 Å². The van der Waals surface area contributed by atoms with Gasteiger partial charge in [-0.1, -0.05) is 12.1 Å². The maximum absolute atomic E-state index is 12.2. The molecule has 1 atom stereocenters. The summed E-state index contributed by atoms with van der Waals surface area (Å²) in [5.74, 6) is 0.423. The summed E-state index contributed by atoms with van der Waals surface area (Å²) in [5, 5.41) is 1.90. The van der Waals surface area contributed by atoms with E-state index >= 15 is 0 Å². The number of aromatic nitrogens is 1. The number of nitrogens with one attached hydrogen (secondary N) is 1. The first-order chi connectivity index (χ1) is 10.9. The van der Waals surface area contributed by atoms with Gasteiger partial charge in [-0.05, 0) is 25.0 Å². The normalized spacial score (nSPS) is 19.1. The largest absolute Gasteiger partial charge is 0.440 e. The minimum absolute atomic E-state index is 0.104. The van der Waals surface area contributed by atoms with Crippen LogP contribution in [0.2, 0.25) is 0 Å². The number of para-hydroxylation sites is 2. The molecule has 23 heavy (non-hydrogen) atoms. The van der Waals surface area contributed by atoms with Gasteiger partial charge in [0.1, 0.15) is 12.1 Å². The maximum Gasteiger partial charge on any atom is 0.405 e. The first-order valence-electron chi connectivity index (χ1n) is 7.37. The highest BCUT2D eigenvalue weighted by atomic mass is 19.4. The first-order valence-corrected chi connectivity index (χ1v) is 7.37. The van der Waals surface area contributed by atoms with Gasteiger partial charge in [-0.3, -0.25) is 0 Å². The molecule has 3 rings (SSSR count). The summed E-state index contributed by atoms with van der Waals surface area (Å²) in [4.78, 5) is 17.7. The fraction of sp³-hybridized carbons (Fsp3) is 0.467. The van der Waals surface area contributed by atoms with Gasteiger partial charge in [-0.2, -0.15) is 13.2 Å². The molecule has 1 saturated heterocycles. The predicted octanol–water partition coefficient (Wildman–Crippen LogP) is 3.28. The minimum Gasteiger partial charge on any atom is -0.440 e. The Bertz CT molecular complexity index is 666. The summed E-state index contributed by atoms with van der Waals surface area (Å²) in [5.41, 5.74) is 1.40. The van der Waals surface area contributed by atoms with E-state index in [1.54, 1.807) is 0 Å². The van der Waals surface area contributed by atoms with Crippen molar-refractivity contribution in [2.45, 2.75) is 24.9 Å². The lowest BCUT2D eigenvalue weighted by Crippen LogP contribution is -2.47. The van der Waals surface area contributed by atoms with E-state index in [-0.39, 0.29) is 5.92 Å². The number of oxazole rings is 1. The number of halogens is 3. The molecule has 1 unspecified atom stereocenters. The summed E-state index contributed by atoms with van der Waals surface area (Å²) < 4.78 is 42.3. The van der Waals surface area contributed by atoms with Crippen LogP contribution in [0, 0.1) is 0 Å². The molecular formula is C15H16F3N3O2. The molecule has 5 nitrogen and oxygen atoms in total. The lowest BCUT2D eigenvalue weighted by atomic mass is 9.98. The summed E-state index contributed by atoms with van der Waals surface area (Å²) >= 11 is 0. The fourth-order valence-electron chi connectivity index (χ4n) is 2.72. The zero-order valence-corrected chi connectivity index (χ0v) is 12.3. The standard InChI is InChI=1S/C15H16F3N3O2/c16-15(17,18)9-19-14(22)21-7-3-4-10(8-21)13-20-11-5-1-2-6-12(11)23-13/h1-2,5-6,10H,3-4,7-9H2,(H,19,22). The van der Waals surface area contributed by atoms with E-state index in [9.17, 15) is 18.0 Å². The summed E-state index contributed by atoms with van der Waals surface area (Å²) in [6.45, 7) is -0.590. The monoisotopic (exact) mass is 327 g/mol. The first kappa shape index (κ1) is 15.6. The third-order valence-corrected chi connectivity index (χ3v) is 3.81. The Morgan fingerprint density at radius 1 is 1.39 bits per heavy atom. The van der Waals surface area contributed by atoms with Crippen molar-refractivity contribution in [1.29, 1.82) is 0 Å². The zero-order valence-electron chi connectivity index (χ0n) is 12.3. The second-order valence-corrected chi connectivity index (χ2v) is 5.58. The number of amides is 2. The van der Waals surface area contributed by atoms with Crippen LogP contribution in [-0.4, -0.2) is 41.7 Å². The molecule has 1 aromatic heterocycles. The number of piperidine rings is 1. The molecule has 1 aliphatic rings. The van der Waals surface area contributed by atoms with Crippen LogP contribution in [0.4, 0.5) is 18.0 Å². The van der Waals surface area contributed by atoms with E-state index in [0.717, 1.165) is 11.9 Å². The third kappa shape index (κ3) is 3.75. The number of likely N-dealkylation sites (tertiary alicyclic amines) is 1. The molecule has 1 aliphatic heterocycles. The summed E-state index contributed by atoms with van der Waals surface area (Å²) in [6.07, 6.45) is -2.93. The molecule has 1 fully saturated rings. The Labute approximate surface area is 130 Å². The number of nitrogens with zero attached hydrogens (tertiary/aromatic N) is 2. The summed E-state index contributed by atoms with van der Waals surface area (Å²) in [6, 6.07) is 6.63. The van der Waals surface area contributed by atoms with Crippen LogP contribution in [-0.2, 0) is 0 Å². The number of urea groups is 1. The Hall–Kier alpha value is -2.25. The van der Waals surface area contributed by atoms with Crippen molar-refractivity contribution in [3.63, 3.8) is 0 Å². The van der Waals surface area contributed by atoms with E-state index < -0.39 is 18.8 Å². The maximum atomic E-state index is 12.2. The smallest absolute Gasteiger partial charge is 0.405 e. The molecule has 0 spiro atoms. The number of carbonyl (C=O) groups is 1. The van der Waals surface area contributed by atoms with Crippen molar-refractivity contribution in [1.82, 2.24) is 15.2 Å². The van der Waals surface area contributed by atoms with Crippen molar-refractivity contribution < 1.29 is 22.4 Å². The second kappa shape index (κ2) is 6.10. The average molecular weight is 327 g/mol. The Morgan fingerprint density at radius 2 is 2.17 bits per heavy atom. The molecule has 0 aliphatic carbocycles. The van der Waals surface area contributed by atoms with Gasteiger partial charge < -0.3 is 14.6 Å². The molecule has 0 bridgehead atoms. The van der Waals surface area contributed by atoms with Crippen molar-refractivity contribution in [3.05, 3.63) is 30.2 Å². The number of benzene rings is 1. The quantitative estimate of drug-likeness (QED) is 0.921. The van der Waals surface area contributed by atoms with Gasteiger partial charge in [0.15, 0.2) is 11.5 Å². The van der Waals surface area contributed by atoms with Gasteiger partial charge in [0.25, 0.3) is 0 Å². The van der Waals surface area contributed by atoms with E-state index in [1.165, 1.54) is 4.90 Å². The third-order valence-electron chi connectivity index (χ3n) is 3.81. The Balaban J connectivity index is 1.67. The fourth-order valence-corrected chi connectivity index (χ4v) is 2.72. The van der Waals surface area contributed by atoms with Gasteiger partial charge in [0.05, 0.1) is 5.92 Å². The highest BCUT2D eigenvalue weighted by Crippen LogP contribution is 2.29. The molecule has 2 aromatic rings. The molecule has 1 aromatic carbocycles. The second-order valence-electron chi connectivity index (χ2n) is 5.58. The number of rotatable bonds is 2. The number of hydrogen-bond acceptors (Lipinski definition) is 3. The van der Waals surface area contributed by atoms with Gasteiger partial charge in [-0.25, -0.2) is 9.78 Å². The van der Waals surface area contributed by atoms with Crippen LogP contribution in [0.1, 0.15) is 24.7 Å². The van der Waals surface area contributed by atoms with Gasteiger partial charge >= 0.3 is 12.2 Å². The van der Waals surface area contributed by atoms with Crippen molar-refractivity contribution >= 4 is 17.1 Å². The molecule has 0 saturated carbocycles. The minimum atomic E-state index is -4.41. The molecular weight excluding hydrogens is 311 g/mol. The van der Waals surface area contributed by atoms with Crippen LogP contribution >= 0.6 is 0 Å². The summed E-state index contributed by atoms with van der Waals surface area (Å²) in [7, 11) is 0. The van der Waals surface area contributed by atoms with Crippen LogP contribution in [0.5, 0.6) is 0 Å². The number of alkyl halides is 3. The highest BCUT2D eigenvalue weighted by Gasteiger charge is 2.31. The molecule has 2 amide bonds. The zero-order chi connectivity index (χ0) is 16.4. The molecule has 8 heteroatoms. The Morgan fingerprint density at radius 3 is 2.91 bits per heavy atom. The molecule has 124 valence electrons. The average Bonchev–Trinajstić information content (AvgIpc) is 2.96. The van der Waals surface area contributed by atoms with Gasteiger partial charge in [-0.15, -0.1) is 0 Å². The highest BCUT2D eigenvalue weighted by molar-refractivity contribution is 5.74. The molecule has 0 radical (unpaired) electrons. The number of fused-ring (bicyclic) bond motifs is 1. The van der Waals surface area contributed by atoms with Crippen molar-refractivity contribution in [2.24, 2.45) is 0 Å². The lowest BCUT2D eigenvalue weighted by Gasteiger charge is -2.31. The lowest BCUT2D eigenvalue weighted by molar-refractivity contribution is -0.123. The van der Waals surface area contributed by atoms with E-state index in [4.69, 9.17) is 4.42 Å². The van der Waals surface area contributed by atoms with Crippen LogP contribution in [0.15, 0.2) is 28.7 Å². The number of hydrogen-bond donors (Lipinski definition) is 1. The number of carbonyl (C=O) groups excluding carboxylic acids is 1. The van der Waals surface area contributed by atoms with E-state index in [0.29, 0.717) is 31.0 Å². The van der Waals surface area contributed by atoms with E-state index in [2.05, 4.69) is 4.98 Å². The molecule has 1 N–H and O–H groups in total.